The van der Waals surface area contributed by atoms with Gasteiger partial charge in [-0.15, -0.1) is 0 Å². The minimum atomic E-state index is -1.15. The second-order valence-electron chi connectivity index (χ2n) is 4.45. The summed E-state index contributed by atoms with van der Waals surface area (Å²) in [6, 6.07) is 12.8. The quantitative estimate of drug-likeness (QED) is 0.874. The molecule has 0 fully saturated rings. The van der Waals surface area contributed by atoms with Crippen molar-refractivity contribution in [3.05, 3.63) is 65.0 Å². The molecule has 1 aromatic heterocycles. The van der Waals surface area contributed by atoms with Crippen LogP contribution in [0.3, 0.4) is 0 Å². The molecule has 1 heterocycles. The van der Waals surface area contributed by atoms with Crippen molar-refractivity contribution in [2.45, 2.75) is 19.4 Å². The zero-order valence-electron chi connectivity index (χ0n) is 10.4. The summed E-state index contributed by atoms with van der Waals surface area (Å²) in [5.41, 5.74) is 1.69. The number of hydrogen-bond acceptors (Lipinski definition) is 3. The molecule has 0 aliphatic rings. The second kappa shape index (κ2) is 4.59. The summed E-state index contributed by atoms with van der Waals surface area (Å²) in [6.45, 7) is 3.60. The number of rotatable bonds is 2. The van der Waals surface area contributed by atoms with Crippen LogP contribution in [-0.4, -0.2) is 10.1 Å². The van der Waals surface area contributed by atoms with Gasteiger partial charge in [0, 0.05) is 17.5 Å². The summed E-state index contributed by atoms with van der Waals surface area (Å²) in [5, 5.41) is 19.5. The minimum Gasteiger partial charge on any atom is -0.381 e. The molecule has 1 unspecified atom stereocenters. The molecule has 0 amide bonds. The first-order valence-electron chi connectivity index (χ1n) is 5.70. The number of hydrogen-bond donors (Lipinski definition) is 1. The summed E-state index contributed by atoms with van der Waals surface area (Å²) in [7, 11) is 0. The predicted octanol–water partition coefficient (Wildman–Crippen LogP) is 2.52. The number of aryl methyl sites for hydroxylation is 1. The molecule has 18 heavy (non-hydrogen) atoms. The molecular formula is C15H14N2O. The molecular weight excluding hydrogens is 224 g/mol. The van der Waals surface area contributed by atoms with E-state index in [2.05, 4.69) is 11.1 Å². The van der Waals surface area contributed by atoms with E-state index in [9.17, 15) is 5.11 Å². The van der Waals surface area contributed by atoms with E-state index >= 15 is 0 Å². The van der Waals surface area contributed by atoms with Gasteiger partial charge in [0.2, 0.25) is 0 Å². The number of aliphatic hydroxyl groups is 1. The number of nitriles is 1. The highest BCUT2D eigenvalue weighted by atomic mass is 16.3. The van der Waals surface area contributed by atoms with Crippen molar-refractivity contribution in [2.75, 3.05) is 0 Å². The van der Waals surface area contributed by atoms with E-state index in [1.54, 1.807) is 37.4 Å². The van der Waals surface area contributed by atoms with Crippen LogP contribution in [0, 0.1) is 18.3 Å². The van der Waals surface area contributed by atoms with Gasteiger partial charge in [-0.25, -0.2) is 0 Å². The molecule has 3 heteroatoms. The Morgan fingerprint density at radius 1 is 1.22 bits per heavy atom. The summed E-state index contributed by atoms with van der Waals surface area (Å²) < 4.78 is 0. The van der Waals surface area contributed by atoms with Crippen LogP contribution in [0.4, 0.5) is 0 Å². The van der Waals surface area contributed by atoms with Crippen LogP contribution in [-0.2, 0) is 5.60 Å². The lowest BCUT2D eigenvalue weighted by molar-refractivity contribution is 0.102. The molecule has 1 aromatic carbocycles. The Balaban J connectivity index is 2.47. The van der Waals surface area contributed by atoms with Crippen LogP contribution in [0.25, 0.3) is 0 Å². The zero-order chi connectivity index (χ0) is 13.2. The average molecular weight is 238 g/mol. The molecule has 90 valence electrons. The van der Waals surface area contributed by atoms with Crippen LogP contribution in [0.1, 0.15) is 29.3 Å². The SMILES string of the molecule is Cc1ccc(C(C)(O)c2cccc(C#N)c2)cn1. The molecule has 0 saturated carbocycles. The fourth-order valence-electron chi connectivity index (χ4n) is 1.81. The Hall–Kier alpha value is -2.18. The van der Waals surface area contributed by atoms with E-state index < -0.39 is 5.60 Å². The Morgan fingerprint density at radius 2 is 2.00 bits per heavy atom. The van der Waals surface area contributed by atoms with Gasteiger partial charge in [0.05, 0.1) is 11.6 Å². The second-order valence-corrected chi connectivity index (χ2v) is 4.45. The topological polar surface area (TPSA) is 56.9 Å². The lowest BCUT2D eigenvalue weighted by atomic mass is 9.88. The largest absolute Gasteiger partial charge is 0.381 e. The van der Waals surface area contributed by atoms with Gasteiger partial charge in [-0.3, -0.25) is 4.98 Å². The van der Waals surface area contributed by atoms with Gasteiger partial charge in [0.15, 0.2) is 0 Å². The number of benzene rings is 1. The van der Waals surface area contributed by atoms with E-state index in [1.807, 2.05) is 19.1 Å². The highest BCUT2D eigenvalue weighted by molar-refractivity contribution is 5.40. The highest BCUT2D eigenvalue weighted by Gasteiger charge is 2.26. The molecule has 0 spiro atoms. The van der Waals surface area contributed by atoms with Gasteiger partial charge in [-0.1, -0.05) is 18.2 Å². The van der Waals surface area contributed by atoms with Crippen LogP contribution >= 0.6 is 0 Å². The molecule has 2 aromatic rings. The Labute approximate surface area is 106 Å². The molecule has 0 aliphatic heterocycles. The fourth-order valence-corrected chi connectivity index (χ4v) is 1.81. The lowest BCUT2D eigenvalue weighted by Gasteiger charge is -2.24. The third-order valence-electron chi connectivity index (χ3n) is 3.03. The van der Waals surface area contributed by atoms with Crippen LogP contribution in [0.2, 0.25) is 0 Å². The summed E-state index contributed by atoms with van der Waals surface area (Å²) in [4.78, 5) is 4.19. The lowest BCUT2D eigenvalue weighted by Crippen LogP contribution is -2.23. The Morgan fingerprint density at radius 3 is 2.61 bits per heavy atom. The van der Waals surface area contributed by atoms with Crippen molar-refractivity contribution in [1.29, 1.82) is 5.26 Å². The van der Waals surface area contributed by atoms with Gasteiger partial charge >= 0.3 is 0 Å². The molecule has 0 aliphatic carbocycles. The van der Waals surface area contributed by atoms with Gasteiger partial charge in [-0.05, 0) is 37.6 Å². The molecule has 1 N–H and O–H groups in total. The maximum Gasteiger partial charge on any atom is 0.113 e. The molecule has 3 nitrogen and oxygen atoms in total. The first-order chi connectivity index (χ1) is 8.54. The van der Waals surface area contributed by atoms with Crippen molar-refractivity contribution in [2.24, 2.45) is 0 Å². The van der Waals surface area contributed by atoms with Gasteiger partial charge in [-0.2, -0.15) is 5.26 Å². The fraction of sp³-hybridized carbons (Fsp3) is 0.200. The van der Waals surface area contributed by atoms with Gasteiger partial charge in [0.25, 0.3) is 0 Å². The average Bonchev–Trinajstić information content (AvgIpc) is 2.39. The molecule has 0 radical (unpaired) electrons. The summed E-state index contributed by atoms with van der Waals surface area (Å²) in [6.07, 6.45) is 1.66. The van der Waals surface area contributed by atoms with Gasteiger partial charge < -0.3 is 5.11 Å². The van der Waals surface area contributed by atoms with Crippen LogP contribution in [0.15, 0.2) is 42.6 Å². The van der Waals surface area contributed by atoms with Crippen molar-refractivity contribution < 1.29 is 5.11 Å². The van der Waals surface area contributed by atoms with Gasteiger partial charge in [0.1, 0.15) is 5.60 Å². The maximum atomic E-state index is 10.6. The molecule has 0 bridgehead atoms. The van der Waals surface area contributed by atoms with Crippen molar-refractivity contribution in [3.8, 4) is 6.07 Å². The summed E-state index contributed by atoms with van der Waals surface area (Å²) in [5.74, 6) is 0. The number of aromatic nitrogens is 1. The van der Waals surface area contributed by atoms with E-state index in [0.717, 1.165) is 5.69 Å². The first kappa shape index (κ1) is 12.3. The predicted molar refractivity (Wildman–Crippen MR) is 68.8 cm³/mol. The number of nitrogens with zero attached hydrogens (tertiary/aromatic N) is 2. The Bertz CT molecular complexity index is 595. The summed E-state index contributed by atoms with van der Waals surface area (Å²) >= 11 is 0. The normalized spacial score (nSPS) is 13.7. The molecule has 1 atom stereocenters. The van der Waals surface area contributed by atoms with E-state index in [1.165, 1.54) is 0 Å². The number of pyridine rings is 1. The zero-order valence-corrected chi connectivity index (χ0v) is 10.4. The van der Waals surface area contributed by atoms with Crippen molar-refractivity contribution in [3.63, 3.8) is 0 Å². The minimum absolute atomic E-state index is 0.535. The first-order valence-corrected chi connectivity index (χ1v) is 5.70. The van der Waals surface area contributed by atoms with E-state index in [-0.39, 0.29) is 0 Å². The third kappa shape index (κ3) is 2.24. The van der Waals surface area contributed by atoms with Crippen LogP contribution in [0.5, 0.6) is 0 Å². The molecule has 0 saturated heterocycles. The highest BCUT2D eigenvalue weighted by Crippen LogP contribution is 2.28. The van der Waals surface area contributed by atoms with Crippen molar-refractivity contribution in [1.82, 2.24) is 4.98 Å². The Kier molecular flexibility index (Phi) is 3.14. The van der Waals surface area contributed by atoms with Crippen LogP contribution < -0.4 is 0 Å². The standard InChI is InChI=1S/C15H14N2O/c1-11-6-7-14(10-17-11)15(2,18)13-5-3-4-12(8-13)9-16/h3-8,10,18H,1-2H3. The monoisotopic (exact) mass is 238 g/mol. The van der Waals surface area contributed by atoms with Crippen molar-refractivity contribution >= 4 is 0 Å². The smallest absolute Gasteiger partial charge is 0.113 e. The molecule has 2 rings (SSSR count). The van der Waals surface area contributed by atoms with E-state index in [0.29, 0.717) is 16.7 Å². The maximum absolute atomic E-state index is 10.6. The third-order valence-corrected chi connectivity index (χ3v) is 3.03. The van der Waals surface area contributed by atoms with E-state index in [4.69, 9.17) is 5.26 Å².